The Labute approximate surface area is 108 Å². The first-order valence-corrected chi connectivity index (χ1v) is 6.29. The highest BCUT2D eigenvalue weighted by molar-refractivity contribution is 5.50. The predicted molar refractivity (Wildman–Crippen MR) is 75.0 cm³/mol. The molecule has 1 aromatic rings. The van der Waals surface area contributed by atoms with E-state index in [1.807, 2.05) is 12.1 Å². The molecule has 1 aliphatic rings. The standard InChI is InChI=1S/C13H21N5/c1-4-5-15-11-8-12(17-10-16-11)18-7-6-14-9-13(18,2)3/h4,8,10,14H,1,5-7,9H2,2-3H3,(H,15,16,17). The zero-order valence-corrected chi connectivity index (χ0v) is 11.1. The van der Waals surface area contributed by atoms with Crippen LogP contribution in [-0.4, -0.2) is 41.7 Å². The van der Waals surface area contributed by atoms with E-state index in [0.717, 1.165) is 31.3 Å². The van der Waals surface area contributed by atoms with Gasteiger partial charge in [0.25, 0.3) is 0 Å². The summed E-state index contributed by atoms with van der Waals surface area (Å²) in [5, 5.41) is 6.60. The molecule has 1 aliphatic heterocycles. The molecule has 1 aromatic heterocycles. The maximum absolute atomic E-state index is 4.39. The highest BCUT2D eigenvalue weighted by atomic mass is 15.3. The second kappa shape index (κ2) is 5.35. The van der Waals surface area contributed by atoms with Crippen LogP contribution in [0, 0.1) is 0 Å². The van der Waals surface area contributed by atoms with Crippen molar-refractivity contribution in [1.29, 1.82) is 0 Å². The van der Waals surface area contributed by atoms with E-state index in [9.17, 15) is 0 Å². The molecule has 0 atom stereocenters. The Morgan fingerprint density at radius 2 is 2.39 bits per heavy atom. The molecule has 2 heterocycles. The molecular weight excluding hydrogens is 226 g/mol. The van der Waals surface area contributed by atoms with Crippen molar-refractivity contribution in [3.63, 3.8) is 0 Å². The summed E-state index contributed by atoms with van der Waals surface area (Å²) >= 11 is 0. The molecule has 98 valence electrons. The number of rotatable bonds is 4. The van der Waals surface area contributed by atoms with Gasteiger partial charge in [-0.1, -0.05) is 6.08 Å². The Morgan fingerprint density at radius 1 is 1.56 bits per heavy atom. The molecule has 0 bridgehead atoms. The van der Waals surface area contributed by atoms with Crippen LogP contribution in [0.1, 0.15) is 13.8 Å². The van der Waals surface area contributed by atoms with E-state index >= 15 is 0 Å². The van der Waals surface area contributed by atoms with Crippen molar-refractivity contribution in [3.8, 4) is 0 Å². The van der Waals surface area contributed by atoms with Gasteiger partial charge in [0, 0.05) is 37.8 Å². The normalized spacial score (nSPS) is 18.4. The minimum atomic E-state index is 0.0717. The van der Waals surface area contributed by atoms with Crippen LogP contribution in [0.2, 0.25) is 0 Å². The van der Waals surface area contributed by atoms with Gasteiger partial charge in [0.2, 0.25) is 0 Å². The van der Waals surface area contributed by atoms with Crippen molar-refractivity contribution in [2.24, 2.45) is 0 Å². The Hall–Kier alpha value is -1.62. The zero-order chi connectivity index (χ0) is 13.0. The summed E-state index contributed by atoms with van der Waals surface area (Å²) in [4.78, 5) is 10.9. The van der Waals surface area contributed by atoms with Gasteiger partial charge in [-0.2, -0.15) is 0 Å². The fraction of sp³-hybridized carbons (Fsp3) is 0.538. The Morgan fingerprint density at radius 3 is 3.11 bits per heavy atom. The van der Waals surface area contributed by atoms with Crippen LogP contribution >= 0.6 is 0 Å². The molecule has 2 rings (SSSR count). The van der Waals surface area contributed by atoms with Gasteiger partial charge < -0.3 is 15.5 Å². The number of anilines is 2. The van der Waals surface area contributed by atoms with Gasteiger partial charge in [-0.25, -0.2) is 9.97 Å². The molecule has 2 N–H and O–H groups in total. The number of hydrogen-bond donors (Lipinski definition) is 2. The SMILES string of the molecule is C=CCNc1cc(N2CCNCC2(C)C)ncn1. The van der Waals surface area contributed by atoms with Gasteiger partial charge in [0.05, 0.1) is 0 Å². The maximum atomic E-state index is 4.39. The minimum absolute atomic E-state index is 0.0717. The summed E-state index contributed by atoms with van der Waals surface area (Å²) in [6.07, 6.45) is 3.43. The van der Waals surface area contributed by atoms with Crippen LogP contribution in [-0.2, 0) is 0 Å². The van der Waals surface area contributed by atoms with Gasteiger partial charge in [0.15, 0.2) is 0 Å². The van der Waals surface area contributed by atoms with E-state index in [2.05, 4.69) is 45.9 Å². The highest BCUT2D eigenvalue weighted by Gasteiger charge is 2.30. The van der Waals surface area contributed by atoms with Crippen molar-refractivity contribution >= 4 is 11.6 Å². The fourth-order valence-electron chi connectivity index (χ4n) is 2.18. The molecule has 5 nitrogen and oxygen atoms in total. The van der Waals surface area contributed by atoms with E-state index in [0.29, 0.717) is 6.54 Å². The molecule has 0 saturated carbocycles. The molecule has 0 unspecified atom stereocenters. The fourth-order valence-corrected chi connectivity index (χ4v) is 2.18. The number of piperazine rings is 1. The van der Waals surface area contributed by atoms with Gasteiger partial charge in [-0.15, -0.1) is 6.58 Å². The van der Waals surface area contributed by atoms with Crippen molar-refractivity contribution < 1.29 is 0 Å². The van der Waals surface area contributed by atoms with Gasteiger partial charge in [0.1, 0.15) is 18.0 Å². The van der Waals surface area contributed by atoms with Crippen LogP contribution in [0.25, 0.3) is 0 Å². The lowest BCUT2D eigenvalue weighted by Gasteiger charge is -2.43. The minimum Gasteiger partial charge on any atom is -0.366 e. The number of nitrogens with zero attached hydrogens (tertiary/aromatic N) is 3. The van der Waals surface area contributed by atoms with Crippen LogP contribution < -0.4 is 15.5 Å². The summed E-state index contributed by atoms with van der Waals surface area (Å²) in [6, 6.07) is 2.00. The lowest BCUT2D eigenvalue weighted by Crippen LogP contribution is -2.58. The van der Waals surface area contributed by atoms with Crippen molar-refractivity contribution in [3.05, 3.63) is 25.0 Å². The number of nitrogens with one attached hydrogen (secondary N) is 2. The van der Waals surface area contributed by atoms with E-state index < -0.39 is 0 Å². The lowest BCUT2D eigenvalue weighted by molar-refractivity contribution is 0.378. The van der Waals surface area contributed by atoms with Crippen molar-refractivity contribution in [1.82, 2.24) is 15.3 Å². The summed E-state index contributed by atoms with van der Waals surface area (Å²) < 4.78 is 0. The molecular formula is C13H21N5. The summed E-state index contributed by atoms with van der Waals surface area (Å²) in [5.41, 5.74) is 0.0717. The molecule has 0 spiro atoms. The van der Waals surface area contributed by atoms with Crippen LogP contribution in [0.5, 0.6) is 0 Å². The van der Waals surface area contributed by atoms with Crippen LogP contribution in [0.4, 0.5) is 11.6 Å². The Balaban J connectivity index is 2.18. The largest absolute Gasteiger partial charge is 0.366 e. The first-order chi connectivity index (χ1) is 8.63. The van der Waals surface area contributed by atoms with Crippen molar-refractivity contribution in [2.75, 3.05) is 36.4 Å². The van der Waals surface area contributed by atoms with Gasteiger partial charge in [-0.3, -0.25) is 0 Å². The van der Waals surface area contributed by atoms with Gasteiger partial charge >= 0.3 is 0 Å². The van der Waals surface area contributed by atoms with Crippen LogP contribution in [0.3, 0.4) is 0 Å². The molecule has 5 heteroatoms. The van der Waals surface area contributed by atoms with Crippen LogP contribution in [0.15, 0.2) is 25.0 Å². The monoisotopic (exact) mass is 247 g/mol. The lowest BCUT2D eigenvalue weighted by atomic mass is 10.0. The summed E-state index contributed by atoms with van der Waals surface area (Å²) in [5.74, 6) is 1.82. The first kappa shape index (κ1) is 12.8. The third kappa shape index (κ3) is 2.79. The van der Waals surface area contributed by atoms with E-state index in [4.69, 9.17) is 0 Å². The molecule has 1 fully saturated rings. The highest BCUT2D eigenvalue weighted by Crippen LogP contribution is 2.24. The summed E-state index contributed by atoms with van der Waals surface area (Å²) in [7, 11) is 0. The second-order valence-corrected chi connectivity index (χ2v) is 5.07. The molecule has 0 aromatic carbocycles. The first-order valence-electron chi connectivity index (χ1n) is 6.29. The molecule has 0 amide bonds. The Kier molecular flexibility index (Phi) is 3.81. The summed E-state index contributed by atoms with van der Waals surface area (Å²) in [6.45, 7) is 11.8. The molecule has 18 heavy (non-hydrogen) atoms. The second-order valence-electron chi connectivity index (χ2n) is 5.07. The average Bonchev–Trinajstić information content (AvgIpc) is 2.36. The average molecular weight is 247 g/mol. The Bertz CT molecular complexity index is 416. The molecule has 0 radical (unpaired) electrons. The van der Waals surface area contributed by atoms with E-state index in [1.54, 1.807) is 6.33 Å². The maximum Gasteiger partial charge on any atom is 0.134 e. The molecule has 0 aliphatic carbocycles. The topological polar surface area (TPSA) is 53.1 Å². The zero-order valence-electron chi connectivity index (χ0n) is 11.1. The number of hydrogen-bond acceptors (Lipinski definition) is 5. The molecule has 1 saturated heterocycles. The third-order valence-corrected chi connectivity index (χ3v) is 3.16. The quantitative estimate of drug-likeness (QED) is 0.785. The number of aromatic nitrogens is 2. The van der Waals surface area contributed by atoms with Gasteiger partial charge in [-0.05, 0) is 13.8 Å². The van der Waals surface area contributed by atoms with E-state index in [-0.39, 0.29) is 5.54 Å². The van der Waals surface area contributed by atoms with Crippen molar-refractivity contribution in [2.45, 2.75) is 19.4 Å². The smallest absolute Gasteiger partial charge is 0.134 e. The predicted octanol–water partition coefficient (Wildman–Crippen LogP) is 1.26. The third-order valence-electron chi connectivity index (χ3n) is 3.16. The van der Waals surface area contributed by atoms with E-state index in [1.165, 1.54) is 0 Å².